The number of H-pyrrole nitrogens is 1. The molecule has 32 heteroatoms. The number of fused-ring (bicyclic) bond motifs is 10. The number of ether oxygens (including phenoxy) is 2. The van der Waals surface area contributed by atoms with Crippen LogP contribution in [0.15, 0.2) is 53.3 Å². The number of unbranched alkanes of at least 4 members (excludes halogenated alkanes) is 1. The van der Waals surface area contributed by atoms with Crippen LogP contribution in [-0.2, 0) is 55.9 Å². The molecule has 0 fully saturated rings. The molecule has 2 aromatic carbocycles. The van der Waals surface area contributed by atoms with Crippen LogP contribution in [0.1, 0.15) is 138 Å². The lowest BCUT2D eigenvalue weighted by molar-refractivity contribution is 0.101. The number of halogens is 7. The van der Waals surface area contributed by atoms with Crippen LogP contribution >= 0.6 is 132 Å². The predicted molar refractivity (Wildman–Crippen MR) is 408 cm³/mol. The molecule has 0 atom stereocenters. The number of ketones is 1. The number of nitrogens with two attached hydrogens (primary N) is 5. The minimum Gasteiger partial charge on any atom is -0.497 e. The first kappa shape index (κ1) is 83.0. The number of amidine groups is 1. The molecule has 0 saturated carbocycles. The summed E-state index contributed by atoms with van der Waals surface area (Å²) in [6, 6.07) is 15.8. The van der Waals surface area contributed by atoms with Crippen molar-refractivity contribution in [2.24, 2.45) is 5.73 Å². The standard InChI is InChI=1S/C18H20N4OS.C10H10ClN3S.C10H11N3OS.C10H13NOS.C8H11NO.C4H10O.CH3ClN2.CH4.Cl3OP.2ClH/c1-22(11-7-9-12(23-2)10-8-11)16-15-13-5-3-4-6-14(13)24-17(15)21-18(19)20-16;11-8-7-5-3-1-2-4-6(5)15-9(7)14-10(12)13-8;11-10-12-8(14)7-5-3-1-2-4-6(5)15-9(7)13-10;1-6(12)9-7-4-2-3-5-8(7)13-10(9)11;1-9-7-3-5-8(10-2)6-4-7;1-2-3-4-5;2-1(3)4;;1-5(2,3)4;;/h7-10H,3-6H2,1-2H3,(H2,19,20,21);1-4H2,(H2,12,13,14);1-4H2,(H3,11,12,13,14);2-5,11H2,1H3;3-6,9H,1-2H3;5H,2-4H2,1H3;(H3,3,4);1H4;;2*1H. The summed E-state index contributed by atoms with van der Waals surface area (Å²) in [6.45, 7) is 4.00. The number of aliphatic hydroxyl groups is 1. The lowest BCUT2D eigenvalue weighted by Gasteiger charge is -2.21. The molecule has 4 aliphatic carbocycles. The molecule has 14 N–H and O–H groups in total. The molecule has 20 nitrogen and oxygen atoms in total. The van der Waals surface area contributed by atoms with Crippen molar-refractivity contribution < 1.29 is 23.9 Å². The van der Waals surface area contributed by atoms with E-state index < -0.39 is 5.20 Å². The van der Waals surface area contributed by atoms with Gasteiger partial charge in [-0.05, 0) is 232 Å². The topological polar surface area (TPSA) is 339 Å². The highest BCUT2D eigenvalue weighted by molar-refractivity contribution is 8.24. The highest BCUT2D eigenvalue weighted by Crippen LogP contribution is 2.61. The van der Waals surface area contributed by atoms with Gasteiger partial charge in [0, 0.05) is 51.6 Å². The van der Waals surface area contributed by atoms with Crippen molar-refractivity contribution in [2.75, 3.05) is 68.1 Å². The van der Waals surface area contributed by atoms with E-state index in [4.69, 9.17) is 54.5 Å². The number of nitrogens with one attached hydrogen (secondary N) is 3. The van der Waals surface area contributed by atoms with Crippen molar-refractivity contribution >= 4 is 214 Å². The van der Waals surface area contributed by atoms with E-state index in [1.807, 2.05) is 62.6 Å². The number of nitrogen functional groups attached to an aromatic ring is 4. The van der Waals surface area contributed by atoms with Crippen molar-refractivity contribution in [2.45, 2.75) is 137 Å². The molecule has 0 radical (unpaired) electrons. The van der Waals surface area contributed by atoms with E-state index in [1.165, 1.54) is 98.5 Å². The maximum atomic E-state index is 11.8. The molecule has 0 amide bonds. The third-order valence-electron chi connectivity index (χ3n) is 14.7. The molecule has 7 heterocycles. The number of benzene rings is 2. The van der Waals surface area contributed by atoms with Gasteiger partial charge in [-0.15, -0.1) is 70.2 Å². The number of hydrogen-bond acceptors (Lipinski definition) is 22. The van der Waals surface area contributed by atoms with Gasteiger partial charge in [0.05, 0.1) is 40.9 Å². The van der Waals surface area contributed by atoms with E-state index in [0.717, 1.165) is 129 Å². The molecular formula is C62H84Cl7N14O6PS4. The lowest BCUT2D eigenvalue weighted by atomic mass is 9.94. The number of thiophene rings is 4. The molecule has 9 aromatic rings. The van der Waals surface area contributed by atoms with Gasteiger partial charge in [0.15, 0.2) is 11.1 Å². The number of hydrogen-bond donors (Lipinski definition) is 9. The van der Waals surface area contributed by atoms with Crippen molar-refractivity contribution in [1.29, 1.82) is 5.41 Å². The minimum atomic E-state index is -3.22. The molecule has 516 valence electrons. The van der Waals surface area contributed by atoms with Gasteiger partial charge in [-0.2, -0.15) is 4.98 Å². The molecule has 13 rings (SSSR count). The molecule has 0 aliphatic heterocycles. The highest BCUT2D eigenvalue weighted by Gasteiger charge is 2.25. The Balaban J connectivity index is 0.000000295. The molecule has 7 aromatic heterocycles. The van der Waals surface area contributed by atoms with Crippen LogP contribution in [0.25, 0.3) is 30.6 Å². The average molecular weight is 1530 g/mol. The summed E-state index contributed by atoms with van der Waals surface area (Å²) in [6.07, 6.45) is 20.6. The predicted octanol–water partition coefficient (Wildman–Crippen LogP) is 17.5. The van der Waals surface area contributed by atoms with E-state index in [1.54, 1.807) is 66.5 Å². The quantitative estimate of drug-likeness (QED) is 0.0170. The summed E-state index contributed by atoms with van der Waals surface area (Å²) < 4.78 is 19.7. The summed E-state index contributed by atoms with van der Waals surface area (Å²) in [5.41, 5.74) is 35.4. The van der Waals surface area contributed by atoms with E-state index in [0.29, 0.717) is 17.7 Å². The number of nitrogens with zero attached hydrogens (tertiary/aromatic N) is 6. The third-order valence-corrected chi connectivity index (χ3v) is 19.6. The molecule has 0 unspecified atom stereocenters. The van der Waals surface area contributed by atoms with Crippen LogP contribution in [0.2, 0.25) is 5.15 Å². The van der Waals surface area contributed by atoms with Crippen LogP contribution in [0.3, 0.4) is 0 Å². The molecule has 0 bridgehead atoms. The number of aryl methyl sites for hydroxylation is 7. The van der Waals surface area contributed by atoms with Crippen LogP contribution in [0, 0.1) is 5.41 Å². The largest absolute Gasteiger partial charge is 0.497 e. The maximum absolute atomic E-state index is 11.8. The Hall–Kier alpha value is -5.18. The average Bonchev–Trinajstić information content (AvgIpc) is 1.62. The summed E-state index contributed by atoms with van der Waals surface area (Å²) in [7, 11) is 7.25. The van der Waals surface area contributed by atoms with Gasteiger partial charge in [0.25, 0.3) is 5.56 Å². The number of anilines is 7. The summed E-state index contributed by atoms with van der Waals surface area (Å²) in [5.74, 6) is 3.55. The van der Waals surface area contributed by atoms with Crippen molar-refractivity contribution in [3.05, 3.63) is 111 Å². The lowest BCUT2D eigenvalue weighted by Crippen LogP contribution is -2.14. The number of carbonyl (C=O) groups excluding carboxylic acids is 1. The first-order chi connectivity index (χ1) is 43.4. The molecule has 4 aliphatic rings. The smallest absolute Gasteiger partial charge is 0.339 e. The fraction of sp³-hybridized carbons (Fsp3) is 0.419. The fourth-order valence-corrected chi connectivity index (χ4v) is 15.9. The molecule has 94 heavy (non-hydrogen) atoms. The van der Waals surface area contributed by atoms with Crippen molar-refractivity contribution in [3.63, 3.8) is 0 Å². The van der Waals surface area contributed by atoms with E-state index in [2.05, 4.69) is 98.1 Å². The summed E-state index contributed by atoms with van der Waals surface area (Å²) in [4.78, 5) is 57.5. The Morgan fingerprint density at radius 1 is 0.681 bits per heavy atom. The van der Waals surface area contributed by atoms with Crippen LogP contribution in [0.4, 0.5) is 40.0 Å². The first-order valence-electron chi connectivity index (χ1n) is 29.4. The second-order valence-electron chi connectivity index (χ2n) is 21.0. The maximum Gasteiger partial charge on any atom is 0.339 e. The molecule has 0 saturated heterocycles. The monoisotopic (exact) mass is 1520 g/mol. The van der Waals surface area contributed by atoms with Gasteiger partial charge >= 0.3 is 5.20 Å². The second kappa shape index (κ2) is 40.5. The number of methoxy groups -OCH3 is 2. The Morgan fingerprint density at radius 2 is 1.07 bits per heavy atom. The van der Waals surface area contributed by atoms with Crippen LogP contribution in [0.5, 0.6) is 11.5 Å². The third kappa shape index (κ3) is 24.1. The van der Waals surface area contributed by atoms with Gasteiger partial charge in [-0.3, -0.25) is 24.5 Å². The number of aromatic nitrogens is 6. The number of Topliss-reactive ketones (excluding diaryl/α,β-unsaturated/α-hetero) is 1. The van der Waals surface area contributed by atoms with E-state index >= 15 is 0 Å². The zero-order valence-corrected chi connectivity index (χ0v) is 62.0. The SMILES string of the molecule is C.CC(=O)c1c(N)sc2c1CCCC2.CCCCO.CNc1ccc(OC)cc1.COc1ccc(N(C)c2nc(N)nc3sc4c(c23)CCCC4)cc1.Cl.Cl.N=C(N)Cl.Nc1nc(Cl)c2c3c(sc2n1)CCCC3.Nc1nc2sc3c(c2c(=O)[nH]1)CCCC3.O=P(Cl)(Cl)Cl. The number of aliphatic hydroxyl groups excluding tert-OH is 1. The highest BCUT2D eigenvalue weighted by atomic mass is 36.0. The van der Waals surface area contributed by atoms with E-state index in [9.17, 15) is 14.2 Å². The van der Waals surface area contributed by atoms with Crippen LogP contribution in [-0.4, -0.2) is 81.0 Å². The fourth-order valence-electron chi connectivity index (χ4n) is 10.5. The summed E-state index contributed by atoms with van der Waals surface area (Å²) >= 11 is 31.3. The first-order valence-corrected chi connectivity index (χ1v) is 37.8. The Kier molecular flexibility index (Phi) is 35.8. The minimum absolute atomic E-state index is 0. The van der Waals surface area contributed by atoms with Crippen LogP contribution < -0.4 is 53.9 Å². The molecule has 0 spiro atoms. The number of rotatable bonds is 8. The Morgan fingerprint density at radius 3 is 1.50 bits per heavy atom. The Bertz CT molecular complexity index is 3960. The van der Waals surface area contributed by atoms with Gasteiger partial charge in [0.2, 0.25) is 17.8 Å². The zero-order chi connectivity index (χ0) is 66.5. The van der Waals surface area contributed by atoms with Gasteiger partial charge in [-0.25, -0.2) is 19.9 Å². The van der Waals surface area contributed by atoms with Gasteiger partial charge < -0.3 is 53.5 Å². The molecular weight excluding hydrogens is 1440 g/mol. The van der Waals surface area contributed by atoms with Gasteiger partial charge in [0.1, 0.15) is 37.0 Å². The summed E-state index contributed by atoms with van der Waals surface area (Å²) in [5, 5.41) is 17.8. The van der Waals surface area contributed by atoms with Gasteiger partial charge in [-0.1, -0.05) is 32.4 Å². The van der Waals surface area contributed by atoms with Crippen molar-refractivity contribution in [1.82, 2.24) is 29.9 Å². The normalized spacial score (nSPS) is 12.9. The number of aromatic amines is 1. The van der Waals surface area contributed by atoms with Crippen molar-refractivity contribution in [3.8, 4) is 11.5 Å². The number of carbonyl (C=O) groups is 1. The zero-order valence-electron chi connectivity index (χ0n) is 52.4. The van der Waals surface area contributed by atoms with E-state index in [-0.39, 0.29) is 60.8 Å². The second-order valence-corrected chi connectivity index (χ2v) is 32.8. The Labute approximate surface area is 601 Å².